The third kappa shape index (κ3) is 1.97. The van der Waals surface area contributed by atoms with Crippen LogP contribution >= 0.6 is 0 Å². The van der Waals surface area contributed by atoms with Crippen molar-refractivity contribution >= 4 is 22.5 Å². The molecule has 3 aromatic rings. The molecule has 96 valence electrons. The number of hydrogen-bond donors (Lipinski definition) is 2. The van der Waals surface area contributed by atoms with Crippen LogP contribution in [0.25, 0.3) is 11.0 Å². The van der Waals surface area contributed by atoms with E-state index in [1.165, 1.54) is 6.33 Å². The van der Waals surface area contributed by atoms with E-state index in [9.17, 15) is 5.11 Å². The van der Waals surface area contributed by atoms with Crippen LogP contribution in [0.15, 0.2) is 30.6 Å². The molecule has 0 spiro atoms. The summed E-state index contributed by atoms with van der Waals surface area (Å²) in [6.45, 7) is 1.92. The van der Waals surface area contributed by atoms with Crippen molar-refractivity contribution in [1.82, 2.24) is 19.7 Å². The van der Waals surface area contributed by atoms with E-state index in [1.54, 1.807) is 22.9 Å². The topological polar surface area (TPSA) is 75.9 Å². The fraction of sp³-hybridized carbons (Fsp3) is 0.154. The highest BCUT2D eigenvalue weighted by Crippen LogP contribution is 2.26. The maximum atomic E-state index is 9.47. The van der Waals surface area contributed by atoms with Crippen molar-refractivity contribution in [2.45, 2.75) is 6.92 Å². The van der Waals surface area contributed by atoms with E-state index in [0.717, 1.165) is 22.4 Å². The van der Waals surface area contributed by atoms with Gasteiger partial charge in [-0.3, -0.25) is 4.68 Å². The number of aromatic hydroxyl groups is 1. The zero-order chi connectivity index (χ0) is 13.4. The first-order chi connectivity index (χ1) is 9.15. The molecule has 0 aliphatic rings. The van der Waals surface area contributed by atoms with Gasteiger partial charge in [0, 0.05) is 18.8 Å². The molecule has 6 heteroatoms. The molecule has 1 aromatic carbocycles. The lowest BCUT2D eigenvalue weighted by molar-refractivity contribution is 0.475. The van der Waals surface area contributed by atoms with Crippen molar-refractivity contribution in [3.63, 3.8) is 0 Å². The number of phenols is 1. The van der Waals surface area contributed by atoms with Crippen molar-refractivity contribution in [2.75, 3.05) is 5.32 Å². The minimum Gasteiger partial charge on any atom is -0.508 e. The van der Waals surface area contributed by atoms with Crippen LogP contribution in [0.2, 0.25) is 0 Å². The fourth-order valence-electron chi connectivity index (χ4n) is 2.09. The van der Waals surface area contributed by atoms with Crippen LogP contribution in [0.5, 0.6) is 5.75 Å². The van der Waals surface area contributed by atoms with Gasteiger partial charge in [0.2, 0.25) is 0 Å². The van der Waals surface area contributed by atoms with Gasteiger partial charge in [0.1, 0.15) is 17.9 Å². The van der Waals surface area contributed by atoms with Crippen LogP contribution in [-0.2, 0) is 7.05 Å². The van der Waals surface area contributed by atoms with Gasteiger partial charge in [-0.2, -0.15) is 5.10 Å². The molecule has 0 aliphatic heterocycles. The summed E-state index contributed by atoms with van der Waals surface area (Å²) in [6, 6.07) is 6.89. The van der Waals surface area contributed by atoms with Crippen molar-refractivity contribution in [2.24, 2.45) is 7.05 Å². The van der Waals surface area contributed by atoms with Crippen LogP contribution in [0.1, 0.15) is 5.69 Å². The zero-order valence-corrected chi connectivity index (χ0v) is 10.6. The van der Waals surface area contributed by atoms with Crippen molar-refractivity contribution in [3.05, 3.63) is 36.3 Å². The second-order valence-corrected chi connectivity index (χ2v) is 4.31. The van der Waals surface area contributed by atoms with Gasteiger partial charge in [0.05, 0.1) is 11.1 Å². The van der Waals surface area contributed by atoms with E-state index in [1.807, 2.05) is 20.0 Å². The molecule has 0 saturated heterocycles. The highest BCUT2D eigenvalue weighted by atomic mass is 16.3. The Balaban J connectivity index is 2.11. The number of nitrogens with one attached hydrogen (secondary N) is 1. The predicted octanol–water partition coefficient (Wildman–Crippen LogP) is 2.12. The molecule has 0 amide bonds. The van der Waals surface area contributed by atoms with Crippen LogP contribution in [0.4, 0.5) is 11.5 Å². The van der Waals surface area contributed by atoms with Gasteiger partial charge in [-0.1, -0.05) is 6.07 Å². The quantitative estimate of drug-likeness (QED) is 0.733. The number of rotatable bonds is 2. The molecule has 3 rings (SSSR count). The fourth-order valence-corrected chi connectivity index (χ4v) is 2.09. The molecule has 0 bridgehead atoms. The van der Waals surface area contributed by atoms with Gasteiger partial charge in [-0.15, -0.1) is 0 Å². The van der Waals surface area contributed by atoms with E-state index in [4.69, 9.17) is 0 Å². The highest BCUT2D eigenvalue weighted by molar-refractivity contribution is 5.90. The van der Waals surface area contributed by atoms with Crippen molar-refractivity contribution in [1.29, 1.82) is 0 Å². The average Bonchev–Trinajstić information content (AvgIpc) is 2.66. The Morgan fingerprint density at radius 3 is 2.89 bits per heavy atom. The molecule has 0 unspecified atom stereocenters. The Morgan fingerprint density at radius 2 is 2.11 bits per heavy atom. The standard InChI is InChI=1S/C13H13N5O/c1-8-11-12(14-7-15-13(11)18(2)17-8)16-9-4-3-5-10(19)6-9/h3-7,19H,1-2H3,(H,14,15,16). The van der Waals surface area contributed by atoms with Crippen LogP contribution in [-0.4, -0.2) is 24.9 Å². The second-order valence-electron chi connectivity index (χ2n) is 4.31. The van der Waals surface area contributed by atoms with Gasteiger partial charge < -0.3 is 10.4 Å². The van der Waals surface area contributed by atoms with E-state index >= 15 is 0 Å². The normalized spacial score (nSPS) is 10.8. The number of phenolic OH excluding ortho intramolecular Hbond substituents is 1. The lowest BCUT2D eigenvalue weighted by atomic mass is 10.2. The first-order valence-electron chi connectivity index (χ1n) is 5.85. The first-order valence-corrected chi connectivity index (χ1v) is 5.85. The van der Waals surface area contributed by atoms with Gasteiger partial charge >= 0.3 is 0 Å². The Labute approximate surface area is 109 Å². The van der Waals surface area contributed by atoms with E-state index in [-0.39, 0.29) is 5.75 Å². The lowest BCUT2D eigenvalue weighted by Crippen LogP contribution is -1.97. The molecule has 2 aromatic heterocycles. The molecule has 19 heavy (non-hydrogen) atoms. The minimum absolute atomic E-state index is 0.207. The molecular weight excluding hydrogens is 242 g/mol. The van der Waals surface area contributed by atoms with Gasteiger partial charge in [-0.25, -0.2) is 9.97 Å². The number of fused-ring (bicyclic) bond motifs is 1. The molecule has 0 fully saturated rings. The first kappa shape index (κ1) is 11.5. The SMILES string of the molecule is Cc1nn(C)c2ncnc(Nc3cccc(O)c3)c12. The number of anilines is 2. The minimum atomic E-state index is 0.207. The second kappa shape index (κ2) is 4.24. The summed E-state index contributed by atoms with van der Waals surface area (Å²) >= 11 is 0. The number of benzene rings is 1. The Hall–Kier alpha value is -2.63. The van der Waals surface area contributed by atoms with E-state index < -0.39 is 0 Å². The largest absolute Gasteiger partial charge is 0.508 e. The molecule has 0 aliphatic carbocycles. The van der Waals surface area contributed by atoms with Crippen molar-refractivity contribution < 1.29 is 5.11 Å². The van der Waals surface area contributed by atoms with Crippen LogP contribution < -0.4 is 5.32 Å². The number of aromatic nitrogens is 4. The summed E-state index contributed by atoms with van der Waals surface area (Å²) in [6.07, 6.45) is 1.49. The summed E-state index contributed by atoms with van der Waals surface area (Å²) in [7, 11) is 1.85. The number of hydrogen-bond acceptors (Lipinski definition) is 5. The number of aryl methyl sites for hydroxylation is 2. The maximum Gasteiger partial charge on any atom is 0.163 e. The van der Waals surface area contributed by atoms with E-state index in [0.29, 0.717) is 5.82 Å². The summed E-state index contributed by atoms with van der Waals surface area (Å²) < 4.78 is 1.72. The third-order valence-electron chi connectivity index (χ3n) is 2.90. The molecule has 6 nitrogen and oxygen atoms in total. The molecule has 2 heterocycles. The summed E-state index contributed by atoms with van der Waals surface area (Å²) in [5.41, 5.74) is 2.40. The number of nitrogens with zero attached hydrogens (tertiary/aromatic N) is 4. The summed E-state index contributed by atoms with van der Waals surface area (Å²) in [5.74, 6) is 0.888. The highest BCUT2D eigenvalue weighted by Gasteiger charge is 2.12. The van der Waals surface area contributed by atoms with Gasteiger partial charge in [-0.05, 0) is 19.1 Å². The summed E-state index contributed by atoms with van der Waals surface area (Å²) in [4.78, 5) is 8.47. The van der Waals surface area contributed by atoms with Crippen LogP contribution in [0, 0.1) is 6.92 Å². The maximum absolute atomic E-state index is 9.47. The van der Waals surface area contributed by atoms with Crippen LogP contribution in [0.3, 0.4) is 0 Å². The molecule has 0 radical (unpaired) electrons. The third-order valence-corrected chi connectivity index (χ3v) is 2.90. The van der Waals surface area contributed by atoms with Gasteiger partial charge in [0.15, 0.2) is 5.65 Å². The van der Waals surface area contributed by atoms with Crippen molar-refractivity contribution in [3.8, 4) is 5.75 Å². The monoisotopic (exact) mass is 255 g/mol. The predicted molar refractivity (Wildman–Crippen MR) is 72.4 cm³/mol. The summed E-state index contributed by atoms with van der Waals surface area (Å²) in [5, 5.41) is 17.9. The molecule has 2 N–H and O–H groups in total. The Bertz CT molecular complexity index is 750. The smallest absolute Gasteiger partial charge is 0.163 e. The van der Waals surface area contributed by atoms with Gasteiger partial charge in [0.25, 0.3) is 0 Å². The Kier molecular flexibility index (Phi) is 2.56. The van der Waals surface area contributed by atoms with E-state index in [2.05, 4.69) is 20.4 Å². The lowest BCUT2D eigenvalue weighted by Gasteiger charge is -2.07. The molecule has 0 saturated carbocycles. The molecule has 0 atom stereocenters. The molecular formula is C13H13N5O. The average molecular weight is 255 g/mol. The Morgan fingerprint density at radius 1 is 1.26 bits per heavy atom. The zero-order valence-electron chi connectivity index (χ0n) is 10.6.